The SMILES string of the molecule is CN1CC(c2ccc3c(C(N)=O)nc(C(F)(F)F)n3c2)C=N1. The molecule has 22 heavy (non-hydrogen) atoms. The lowest BCUT2D eigenvalue weighted by Gasteiger charge is -2.12. The van der Waals surface area contributed by atoms with Crippen molar-refractivity contribution in [3.05, 3.63) is 35.4 Å². The molecule has 9 heteroatoms. The van der Waals surface area contributed by atoms with Crippen molar-refractivity contribution < 1.29 is 18.0 Å². The average molecular weight is 311 g/mol. The molecule has 0 aromatic carbocycles. The molecule has 0 spiro atoms. The van der Waals surface area contributed by atoms with Crippen LogP contribution in [-0.4, -0.2) is 40.1 Å². The topological polar surface area (TPSA) is 76.0 Å². The maximum absolute atomic E-state index is 13.1. The van der Waals surface area contributed by atoms with Crippen LogP contribution in [0.3, 0.4) is 0 Å². The van der Waals surface area contributed by atoms with Crippen LogP contribution in [0.1, 0.15) is 27.8 Å². The number of alkyl halides is 3. The van der Waals surface area contributed by atoms with E-state index in [1.54, 1.807) is 24.3 Å². The summed E-state index contributed by atoms with van der Waals surface area (Å²) in [6.45, 7) is 0.574. The molecule has 0 bridgehead atoms. The van der Waals surface area contributed by atoms with E-state index in [0.29, 0.717) is 12.1 Å². The van der Waals surface area contributed by atoms with E-state index < -0.39 is 23.6 Å². The highest BCUT2D eigenvalue weighted by atomic mass is 19.4. The highest BCUT2D eigenvalue weighted by Gasteiger charge is 2.38. The van der Waals surface area contributed by atoms with E-state index in [0.717, 1.165) is 4.40 Å². The summed E-state index contributed by atoms with van der Waals surface area (Å²) in [7, 11) is 1.78. The Morgan fingerprint density at radius 1 is 1.41 bits per heavy atom. The van der Waals surface area contributed by atoms with Crippen LogP contribution in [0.2, 0.25) is 0 Å². The summed E-state index contributed by atoms with van der Waals surface area (Å²) in [5.41, 5.74) is 5.40. The van der Waals surface area contributed by atoms with Crippen molar-refractivity contribution in [2.45, 2.75) is 12.1 Å². The number of hydrogen-bond donors (Lipinski definition) is 1. The molecule has 0 fully saturated rings. The Hall–Kier alpha value is -2.58. The third kappa shape index (κ3) is 2.28. The number of aromatic nitrogens is 2. The number of rotatable bonds is 2. The molecule has 3 heterocycles. The molecular formula is C13H12F3N5O. The van der Waals surface area contributed by atoms with Gasteiger partial charge >= 0.3 is 6.18 Å². The molecule has 1 aliphatic heterocycles. The number of pyridine rings is 1. The van der Waals surface area contributed by atoms with Crippen LogP contribution in [0.4, 0.5) is 13.2 Å². The van der Waals surface area contributed by atoms with E-state index in [1.807, 2.05) is 0 Å². The van der Waals surface area contributed by atoms with Gasteiger partial charge in [0.05, 0.1) is 5.52 Å². The molecule has 3 rings (SSSR count). The fourth-order valence-corrected chi connectivity index (χ4v) is 2.47. The molecule has 1 atom stereocenters. The van der Waals surface area contributed by atoms with E-state index in [1.165, 1.54) is 12.3 Å². The maximum atomic E-state index is 13.1. The van der Waals surface area contributed by atoms with Crippen molar-refractivity contribution in [1.82, 2.24) is 14.4 Å². The smallest absolute Gasteiger partial charge is 0.364 e. The van der Waals surface area contributed by atoms with Crippen molar-refractivity contribution in [2.75, 3.05) is 13.6 Å². The summed E-state index contributed by atoms with van der Waals surface area (Å²) >= 11 is 0. The lowest BCUT2D eigenvalue weighted by molar-refractivity contribution is -0.145. The van der Waals surface area contributed by atoms with E-state index in [4.69, 9.17) is 5.73 Å². The van der Waals surface area contributed by atoms with Gasteiger partial charge in [0, 0.05) is 31.9 Å². The van der Waals surface area contributed by atoms with Crippen LogP contribution in [0.25, 0.3) is 5.52 Å². The number of imidazole rings is 1. The Balaban J connectivity index is 2.18. The highest BCUT2D eigenvalue weighted by Crippen LogP contribution is 2.31. The van der Waals surface area contributed by atoms with Crippen LogP contribution < -0.4 is 5.73 Å². The van der Waals surface area contributed by atoms with Crippen LogP contribution in [-0.2, 0) is 6.18 Å². The molecule has 1 unspecified atom stereocenters. The summed E-state index contributed by atoms with van der Waals surface area (Å²) in [6.07, 6.45) is -1.69. The zero-order valence-electron chi connectivity index (χ0n) is 11.5. The fraction of sp³-hybridized carbons (Fsp3) is 0.308. The first kappa shape index (κ1) is 14.4. The molecule has 6 nitrogen and oxygen atoms in total. The minimum Gasteiger partial charge on any atom is -0.364 e. The summed E-state index contributed by atoms with van der Waals surface area (Å²) in [4.78, 5) is 14.7. The third-order valence-corrected chi connectivity index (χ3v) is 3.48. The Bertz CT molecular complexity index is 780. The van der Waals surface area contributed by atoms with E-state index in [2.05, 4.69) is 10.1 Å². The summed E-state index contributed by atoms with van der Waals surface area (Å²) < 4.78 is 40.1. The predicted molar refractivity (Wildman–Crippen MR) is 72.6 cm³/mol. The van der Waals surface area contributed by atoms with Crippen molar-refractivity contribution >= 4 is 17.6 Å². The number of nitrogens with zero attached hydrogens (tertiary/aromatic N) is 4. The minimum atomic E-state index is -4.68. The number of halogens is 3. The van der Waals surface area contributed by atoms with E-state index in [9.17, 15) is 18.0 Å². The first-order valence-corrected chi connectivity index (χ1v) is 6.41. The number of fused-ring (bicyclic) bond motifs is 1. The van der Waals surface area contributed by atoms with Crippen LogP contribution in [0.5, 0.6) is 0 Å². The highest BCUT2D eigenvalue weighted by molar-refractivity contribution is 5.98. The van der Waals surface area contributed by atoms with Gasteiger partial charge in [-0.3, -0.25) is 14.2 Å². The molecular weight excluding hydrogens is 299 g/mol. The number of primary amides is 1. The average Bonchev–Trinajstić information content (AvgIpc) is 3.00. The second kappa shape index (κ2) is 4.72. The van der Waals surface area contributed by atoms with Gasteiger partial charge in [-0.1, -0.05) is 6.07 Å². The quantitative estimate of drug-likeness (QED) is 0.912. The van der Waals surface area contributed by atoms with Crippen LogP contribution in [0.15, 0.2) is 23.4 Å². The third-order valence-electron chi connectivity index (χ3n) is 3.48. The molecule has 0 saturated heterocycles. The molecule has 0 saturated carbocycles. The standard InChI is InChI=1S/C13H12F3N5O/c1-20-5-8(4-18-20)7-2-3-9-10(11(17)22)19-12(13(14,15)16)21(9)6-7/h2-4,6,8H,5H2,1H3,(H2,17,22). The summed E-state index contributed by atoms with van der Waals surface area (Å²) in [5, 5.41) is 5.76. The van der Waals surface area contributed by atoms with Crippen molar-refractivity contribution in [1.29, 1.82) is 0 Å². The first-order valence-electron chi connectivity index (χ1n) is 6.41. The molecule has 2 aromatic heterocycles. The number of likely N-dealkylation sites (N-methyl/N-ethyl adjacent to an activating group) is 1. The monoisotopic (exact) mass is 311 g/mol. The van der Waals surface area contributed by atoms with Gasteiger partial charge in [-0.2, -0.15) is 18.3 Å². The summed E-state index contributed by atoms with van der Waals surface area (Å²) in [5.74, 6) is -2.28. The molecule has 1 aliphatic rings. The van der Waals surface area contributed by atoms with Gasteiger partial charge in [0.25, 0.3) is 5.91 Å². The zero-order chi connectivity index (χ0) is 16.1. The zero-order valence-corrected chi connectivity index (χ0v) is 11.5. The number of carbonyl (C=O) groups is 1. The largest absolute Gasteiger partial charge is 0.450 e. The normalized spacial score (nSPS) is 18.4. The van der Waals surface area contributed by atoms with Gasteiger partial charge in [0.2, 0.25) is 5.82 Å². The minimum absolute atomic E-state index is 0.0341. The second-order valence-corrected chi connectivity index (χ2v) is 5.07. The van der Waals surface area contributed by atoms with E-state index >= 15 is 0 Å². The number of carbonyl (C=O) groups excluding carboxylic acids is 1. The van der Waals surface area contributed by atoms with Crippen LogP contribution >= 0.6 is 0 Å². The number of hydrazone groups is 1. The van der Waals surface area contributed by atoms with Crippen LogP contribution in [0, 0.1) is 0 Å². The Kier molecular flexibility index (Phi) is 3.08. The van der Waals surface area contributed by atoms with Gasteiger partial charge in [-0.05, 0) is 11.6 Å². The maximum Gasteiger partial charge on any atom is 0.450 e. The fourth-order valence-electron chi connectivity index (χ4n) is 2.47. The van der Waals surface area contributed by atoms with Crippen molar-refractivity contribution in [2.24, 2.45) is 10.8 Å². The number of hydrogen-bond acceptors (Lipinski definition) is 4. The Labute approximate surface area is 123 Å². The van der Waals surface area contributed by atoms with E-state index in [-0.39, 0.29) is 11.4 Å². The molecule has 0 aliphatic carbocycles. The van der Waals surface area contributed by atoms with Gasteiger partial charge in [0.15, 0.2) is 5.69 Å². The number of nitrogens with two attached hydrogens (primary N) is 1. The predicted octanol–water partition coefficient (Wildman–Crippen LogP) is 1.47. The van der Waals surface area contributed by atoms with Gasteiger partial charge in [-0.15, -0.1) is 0 Å². The molecule has 2 aromatic rings. The second-order valence-electron chi connectivity index (χ2n) is 5.07. The molecule has 2 N–H and O–H groups in total. The summed E-state index contributed by atoms with van der Waals surface area (Å²) in [6, 6.07) is 3.07. The van der Waals surface area contributed by atoms with Gasteiger partial charge in [0.1, 0.15) is 0 Å². The Morgan fingerprint density at radius 3 is 2.68 bits per heavy atom. The number of amides is 1. The van der Waals surface area contributed by atoms with Crippen molar-refractivity contribution in [3.63, 3.8) is 0 Å². The van der Waals surface area contributed by atoms with Crippen molar-refractivity contribution in [3.8, 4) is 0 Å². The lowest BCUT2D eigenvalue weighted by Crippen LogP contribution is -2.14. The molecule has 0 radical (unpaired) electrons. The Morgan fingerprint density at radius 2 is 2.14 bits per heavy atom. The molecule has 1 amide bonds. The van der Waals surface area contributed by atoms with Gasteiger partial charge < -0.3 is 5.73 Å². The molecule has 116 valence electrons. The first-order chi connectivity index (χ1) is 10.3. The van der Waals surface area contributed by atoms with Gasteiger partial charge in [-0.25, -0.2) is 4.98 Å². The lowest BCUT2D eigenvalue weighted by atomic mass is 10.0.